The molecular formula is C14H23BrN2. The maximum atomic E-state index is 3.66. The van der Waals surface area contributed by atoms with Gasteiger partial charge < -0.3 is 10.2 Å². The van der Waals surface area contributed by atoms with E-state index in [9.17, 15) is 0 Å². The number of benzene rings is 1. The van der Waals surface area contributed by atoms with Gasteiger partial charge in [-0.25, -0.2) is 0 Å². The van der Waals surface area contributed by atoms with Crippen molar-refractivity contribution in [3.05, 3.63) is 33.8 Å². The summed E-state index contributed by atoms with van der Waals surface area (Å²) in [6.45, 7) is 8.48. The normalized spacial score (nSPS) is 11.1. The maximum absolute atomic E-state index is 3.66. The highest BCUT2D eigenvalue weighted by molar-refractivity contribution is 9.10. The number of nitrogens with one attached hydrogen (secondary N) is 1. The molecular weight excluding hydrogens is 276 g/mol. The highest BCUT2D eigenvalue weighted by Crippen LogP contribution is 2.20. The zero-order valence-corrected chi connectivity index (χ0v) is 12.7. The summed E-state index contributed by atoms with van der Waals surface area (Å²) < 4.78 is 1.22. The molecule has 1 aromatic rings. The van der Waals surface area contributed by atoms with Crippen molar-refractivity contribution in [1.29, 1.82) is 0 Å². The second-order valence-corrected chi connectivity index (χ2v) is 5.29. The van der Waals surface area contributed by atoms with Gasteiger partial charge in [0.1, 0.15) is 0 Å². The van der Waals surface area contributed by atoms with E-state index in [1.54, 1.807) is 0 Å². The Hall–Kier alpha value is -0.380. The molecule has 0 atom stereocenters. The molecule has 2 nitrogen and oxygen atoms in total. The Labute approximate surface area is 114 Å². The number of rotatable bonds is 7. The molecule has 0 aliphatic rings. The molecule has 0 radical (unpaired) electrons. The van der Waals surface area contributed by atoms with Gasteiger partial charge in [-0.2, -0.15) is 0 Å². The van der Waals surface area contributed by atoms with E-state index in [2.05, 4.69) is 65.2 Å². The average molecular weight is 299 g/mol. The largest absolute Gasteiger partial charge is 0.313 e. The lowest BCUT2D eigenvalue weighted by Crippen LogP contribution is -2.17. The van der Waals surface area contributed by atoms with Gasteiger partial charge in [0, 0.05) is 17.6 Å². The van der Waals surface area contributed by atoms with Crippen molar-refractivity contribution in [3.8, 4) is 0 Å². The highest BCUT2D eigenvalue weighted by atomic mass is 79.9. The van der Waals surface area contributed by atoms with Crippen LogP contribution in [0.4, 0.5) is 0 Å². The van der Waals surface area contributed by atoms with Gasteiger partial charge >= 0.3 is 0 Å². The minimum Gasteiger partial charge on any atom is -0.313 e. The topological polar surface area (TPSA) is 15.3 Å². The monoisotopic (exact) mass is 298 g/mol. The minimum atomic E-state index is 0.955. The van der Waals surface area contributed by atoms with Gasteiger partial charge in [0.05, 0.1) is 0 Å². The molecule has 0 aromatic heterocycles. The predicted molar refractivity (Wildman–Crippen MR) is 78.1 cm³/mol. The fourth-order valence-electron chi connectivity index (χ4n) is 1.64. The Kier molecular flexibility index (Phi) is 6.78. The minimum absolute atomic E-state index is 0.955. The average Bonchev–Trinajstić information content (AvgIpc) is 2.32. The van der Waals surface area contributed by atoms with Gasteiger partial charge in [-0.1, -0.05) is 41.9 Å². The molecule has 0 fully saturated rings. The molecule has 1 N–H and O–H groups in total. The quantitative estimate of drug-likeness (QED) is 0.776. The molecule has 0 unspecified atom stereocenters. The molecule has 0 aliphatic carbocycles. The fourth-order valence-corrected chi connectivity index (χ4v) is 2.19. The van der Waals surface area contributed by atoms with E-state index < -0.39 is 0 Å². The summed E-state index contributed by atoms with van der Waals surface area (Å²) in [6, 6.07) is 6.66. The molecule has 1 rings (SSSR count). The van der Waals surface area contributed by atoms with Crippen LogP contribution in [0.5, 0.6) is 0 Å². The Morgan fingerprint density at radius 2 is 2.06 bits per heavy atom. The third kappa shape index (κ3) is 5.19. The summed E-state index contributed by atoms with van der Waals surface area (Å²) in [5, 5.41) is 3.42. The first-order chi connectivity index (χ1) is 8.17. The van der Waals surface area contributed by atoms with E-state index in [4.69, 9.17) is 0 Å². The number of hydrogen-bond donors (Lipinski definition) is 1. The lowest BCUT2D eigenvalue weighted by molar-refractivity contribution is 0.345. The third-order valence-electron chi connectivity index (χ3n) is 2.85. The molecule has 0 bridgehead atoms. The first-order valence-electron chi connectivity index (χ1n) is 6.34. The summed E-state index contributed by atoms with van der Waals surface area (Å²) >= 11 is 3.66. The number of halogens is 1. The lowest BCUT2D eigenvalue weighted by atomic mass is 10.1. The zero-order valence-electron chi connectivity index (χ0n) is 11.1. The molecule has 0 aliphatic heterocycles. The van der Waals surface area contributed by atoms with Crippen LogP contribution in [0.1, 0.15) is 31.4 Å². The Morgan fingerprint density at radius 3 is 2.65 bits per heavy atom. The second-order valence-electron chi connectivity index (χ2n) is 4.43. The van der Waals surface area contributed by atoms with Crippen LogP contribution in [0.3, 0.4) is 0 Å². The highest BCUT2D eigenvalue weighted by Gasteiger charge is 2.03. The smallest absolute Gasteiger partial charge is 0.0241 e. The number of hydrogen-bond acceptors (Lipinski definition) is 2. The molecule has 0 saturated carbocycles. The van der Waals surface area contributed by atoms with E-state index in [0.717, 1.165) is 26.2 Å². The molecule has 0 spiro atoms. The molecule has 0 heterocycles. The SMILES string of the molecule is CCCNCc1ccc(CN(C)CC)c(Br)c1. The molecule has 17 heavy (non-hydrogen) atoms. The van der Waals surface area contributed by atoms with E-state index in [0.29, 0.717) is 0 Å². The first-order valence-corrected chi connectivity index (χ1v) is 7.13. The van der Waals surface area contributed by atoms with Crippen molar-refractivity contribution < 1.29 is 0 Å². The van der Waals surface area contributed by atoms with Crippen LogP contribution in [0.15, 0.2) is 22.7 Å². The van der Waals surface area contributed by atoms with E-state index >= 15 is 0 Å². The van der Waals surface area contributed by atoms with Gasteiger partial charge in [0.25, 0.3) is 0 Å². The van der Waals surface area contributed by atoms with Crippen LogP contribution in [-0.2, 0) is 13.1 Å². The van der Waals surface area contributed by atoms with Crippen LogP contribution >= 0.6 is 15.9 Å². The van der Waals surface area contributed by atoms with E-state index in [1.165, 1.54) is 22.0 Å². The third-order valence-corrected chi connectivity index (χ3v) is 3.59. The molecule has 1 aromatic carbocycles. The molecule has 0 amide bonds. The second kappa shape index (κ2) is 7.85. The summed E-state index contributed by atoms with van der Waals surface area (Å²) in [4.78, 5) is 2.30. The summed E-state index contributed by atoms with van der Waals surface area (Å²) in [5.41, 5.74) is 2.70. The van der Waals surface area contributed by atoms with Crippen LogP contribution in [0.2, 0.25) is 0 Å². The first kappa shape index (κ1) is 14.7. The maximum Gasteiger partial charge on any atom is 0.0241 e. The predicted octanol–water partition coefficient (Wildman–Crippen LogP) is 3.40. The molecule has 0 saturated heterocycles. The Bertz CT molecular complexity index is 339. The summed E-state index contributed by atoms with van der Waals surface area (Å²) in [6.07, 6.45) is 1.18. The summed E-state index contributed by atoms with van der Waals surface area (Å²) in [7, 11) is 2.14. The van der Waals surface area contributed by atoms with Gasteiger partial charge in [-0.3, -0.25) is 0 Å². The van der Waals surface area contributed by atoms with Crippen molar-refractivity contribution in [2.75, 3.05) is 20.1 Å². The van der Waals surface area contributed by atoms with Crippen molar-refractivity contribution in [2.45, 2.75) is 33.4 Å². The van der Waals surface area contributed by atoms with Crippen molar-refractivity contribution >= 4 is 15.9 Å². The Balaban J connectivity index is 2.59. The van der Waals surface area contributed by atoms with E-state index in [-0.39, 0.29) is 0 Å². The van der Waals surface area contributed by atoms with Crippen LogP contribution in [0, 0.1) is 0 Å². The molecule has 3 heteroatoms. The van der Waals surface area contributed by atoms with Gasteiger partial charge in [0.2, 0.25) is 0 Å². The van der Waals surface area contributed by atoms with Crippen LogP contribution in [-0.4, -0.2) is 25.0 Å². The standard InChI is InChI=1S/C14H23BrN2/c1-4-8-16-10-12-6-7-13(14(15)9-12)11-17(3)5-2/h6-7,9,16H,4-5,8,10-11H2,1-3H3. The van der Waals surface area contributed by atoms with Crippen LogP contribution < -0.4 is 5.32 Å². The summed E-state index contributed by atoms with van der Waals surface area (Å²) in [5.74, 6) is 0. The van der Waals surface area contributed by atoms with Crippen molar-refractivity contribution in [1.82, 2.24) is 10.2 Å². The number of nitrogens with zero attached hydrogens (tertiary/aromatic N) is 1. The van der Waals surface area contributed by atoms with Crippen molar-refractivity contribution in [3.63, 3.8) is 0 Å². The molecule has 96 valence electrons. The van der Waals surface area contributed by atoms with Gasteiger partial charge in [-0.05, 0) is 43.8 Å². The van der Waals surface area contributed by atoms with Crippen LogP contribution in [0.25, 0.3) is 0 Å². The fraction of sp³-hybridized carbons (Fsp3) is 0.571. The van der Waals surface area contributed by atoms with Gasteiger partial charge in [0.15, 0.2) is 0 Å². The van der Waals surface area contributed by atoms with Gasteiger partial charge in [-0.15, -0.1) is 0 Å². The van der Waals surface area contributed by atoms with E-state index in [1.807, 2.05) is 0 Å². The lowest BCUT2D eigenvalue weighted by Gasteiger charge is -2.15. The zero-order chi connectivity index (χ0) is 12.7. The van der Waals surface area contributed by atoms with Crippen molar-refractivity contribution in [2.24, 2.45) is 0 Å². The Morgan fingerprint density at radius 1 is 1.29 bits per heavy atom.